The molecule has 0 fully saturated rings. The van der Waals surface area contributed by atoms with Gasteiger partial charge in [-0.25, -0.2) is 14.4 Å². The van der Waals surface area contributed by atoms with Crippen LogP contribution < -0.4 is 15.2 Å². The lowest BCUT2D eigenvalue weighted by Crippen LogP contribution is -2.38. The molecule has 0 bridgehead atoms. The standard InChI is InChI=1S/C30H47NO11/c1-5-8-11-16-37-28(34)40-21(4)19-23(26(31)27(32)33)22-14-15-24(41-29(35)38-17-12-9-6-2)25(20-22)42-30(36)39-18-13-10-7-3/h14-15,20-21,23,26H,5-13,16-19,31H2,1-4H3,(H,32,33)/t21?,23?,26-/m0/s1. The Labute approximate surface area is 248 Å². The summed E-state index contributed by atoms with van der Waals surface area (Å²) in [5, 5.41) is 9.68. The second-order valence-corrected chi connectivity index (χ2v) is 9.96. The van der Waals surface area contributed by atoms with Crippen LogP contribution >= 0.6 is 0 Å². The number of carboxylic acids is 1. The molecule has 1 rings (SSSR count). The van der Waals surface area contributed by atoms with Gasteiger partial charge in [-0.1, -0.05) is 65.4 Å². The average Bonchev–Trinajstić information content (AvgIpc) is 2.95. The average molecular weight is 598 g/mol. The van der Waals surface area contributed by atoms with Crippen LogP contribution in [0.3, 0.4) is 0 Å². The van der Waals surface area contributed by atoms with Gasteiger partial charge in [0.15, 0.2) is 11.5 Å². The van der Waals surface area contributed by atoms with Gasteiger partial charge in [-0.2, -0.15) is 0 Å². The number of carboxylic acid groups (broad SMARTS) is 1. The third-order valence-corrected chi connectivity index (χ3v) is 6.29. The summed E-state index contributed by atoms with van der Waals surface area (Å²) in [6.07, 6.45) is 3.89. The summed E-state index contributed by atoms with van der Waals surface area (Å²) in [4.78, 5) is 48.6. The number of aliphatic carboxylic acids is 1. The van der Waals surface area contributed by atoms with Gasteiger partial charge in [0.2, 0.25) is 0 Å². The Morgan fingerprint density at radius 3 is 1.69 bits per heavy atom. The van der Waals surface area contributed by atoms with Gasteiger partial charge in [0, 0.05) is 5.92 Å². The van der Waals surface area contributed by atoms with Crippen molar-refractivity contribution in [3.63, 3.8) is 0 Å². The molecule has 0 aliphatic heterocycles. The van der Waals surface area contributed by atoms with Crippen molar-refractivity contribution in [1.82, 2.24) is 0 Å². The number of rotatable bonds is 20. The Kier molecular flexibility index (Phi) is 18.4. The van der Waals surface area contributed by atoms with E-state index < -0.39 is 42.5 Å². The number of nitrogens with two attached hydrogens (primary N) is 1. The van der Waals surface area contributed by atoms with Gasteiger partial charge in [0.1, 0.15) is 12.1 Å². The largest absolute Gasteiger partial charge is 0.513 e. The molecule has 3 atom stereocenters. The van der Waals surface area contributed by atoms with Crippen molar-refractivity contribution in [3.05, 3.63) is 23.8 Å². The highest BCUT2D eigenvalue weighted by Crippen LogP contribution is 2.35. The summed E-state index contributed by atoms with van der Waals surface area (Å²) in [5.41, 5.74) is 6.36. The van der Waals surface area contributed by atoms with Crippen molar-refractivity contribution in [2.75, 3.05) is 19.8 Å². The SMILES string of the molecule is CCCCCOC(=O)Oc1ccc(C(CC(C)OC(=O)OCCCCC)[C@H](N)C(=O)O)cc1OC(=O)OCCCCC. The minimum Gasteiger partial charge on any atom is -0.480 e. The summed E-state index contributed by atoms with van der Waals surface area (Å²) >= 11 is 0. The molecule has 12 heteroatoms. The van der Waals surface area contributed by atoms with Crippen LogP contribution in [0.5, 0.6) is 11.5 Å². The number of carbonyl (C=O) groups excluding carboxylic acids is 3. The first-order chi connectivity index (χ1) is 20.1. The summed E-state index contributed by atoms with van der Waals surface area (Å²) in [7, 11) is 0. The van der Waals surface area contributed by atoms with Crippen molar-refractivity contribution >= 4 is 24.4 Å². The molecule has 42 heavy (non-hydrogen) atoms. The van der Waals surface area contributed by atoms with Crippen molar-refractivity contribution in [2.45, 2.75) is 110 Å². The Morgan fingerprint density at radius 2 is 1.21 bits per heavy atom. The molecule has 0 aliphatic carbocycles. The lowest BCUT2D eigenvalue weighted by atomic mass is 9.87. The van der Waals surface area contributed by atoms with Gasteiger partial charge in [0.05, 0.1) is 19.8 Å². The first-order valence-electron chi connectivity index (χ1n) is 14.8. The van der Waals surface area contributed by atoms with E-state index in [1.54, 1.807) is 6.92 Å². The van der Waals surface area contributed by atoms with Crippen molar-refractivity contribution in [1.29, 1.82) is 0 Å². The zero-order chi connectivity index (χ0) is 31.3. The fourth-order valence-corrected chi connectivity index (χ4v) is 3.95. The Bertz CT molecular complexity index is 969. The van der Waals surface area contributed by atoms with Gasteiger partial charge in [-0.15, -0.1) is 0 Å². The van der Waals surface area contributed by atoms with Crippen LogP contribution in [-0.4, -0.2) is 61.5 Å². The highest BCUT2D eigenvalue weighted by molar-refractivity contribution is 5.75. The normalized spacial score (nSPS) is 12.9. The first-order valence-corrected chi connectivity index (χ1v) is 14.8. The third-order valence-electron chi connectivity index (χ3n) is 6.29. The second-order valence-electron chi connectivity index (χ2n) is 9.96. The molecule has 0 amide bonds. The van der Waals surface area contributed by atoms with E-state index in [0.717, 1.165) is 38.5 Å². The highest BCUT2D eigenvalue weighted by atomic mass is 16.7. The van der Waals surface area contributed by atoms with Gasteiger partial charge in [0.25, 0.3) is 0 Å². The quantitative estimate of drug-likeness (QED) is 0.0705. The molecule has 238 valence electrons. The van der Waals surface area contributed by atoms with Crippen LogP contribution in [0.25, 0.3) is 0 Å². The van der Waals surface area contributed by atoms with E-state index in [4.69, 9.17) is 34.2 Å². The van der Waals surface area contributed by atoms with E-state index in [1.807, 2.05) is 20.8 Å². The first kappa shape index (κ1) is 36.5. The summed E-state index contributed by atoms with van der Waals surface area (Å²) in [6.45, 7) is 8.16. The Hall–Kier alpha value is -3.54. The van der Waals surface area contributed by atoms with Crippen molar-refractivity contribution in [2.24, 2.45) is 5.73 Å². The smallest absolute Gasteiger partial charge is 0.480 e. The van der Waals surface area contributed by atoms with E-state index in [0.29, 0.717) is 24.8 Å². The van der Waals surface area contributed by atoms with Crippen LogP contribution in [0.1, 0.15) is 103 Å². The predicted molar refractivity (Wildman–Crippen MR) is 154 cm³/mol. The molecule has 0 aromatic heterocycles. The lowest BCUT2D eigenvalue weighted by Gasteiger charge is -2.25. The minimum atomic E-state index is -1.40. The number of hydrogen-bond acceptors (Lipinski definition) is 11. The molecular formula is C30H47NO11. The van der Waals surface area contributed by atoms with Crippen molar-refractivity contribution in [3.8, 4) is 11.5 Å². The van der Waals surface area contributed by atoms with Crippen molar-refractivity contribution < 1.29 is 52.7 Å². The van der Waals surface area contributed by atoms with Gasteiger partial charge < -0.3 is 39.3 Å². The maximum absolute atomic E-state index is 12.4. The van der Waals surface area contributed by atoms with Gasteiger partial charge >= 0.3 is 24.4 Å². The maximum Gasteiger partial charge on any atom is 0.513 e. The third kappa shape index (κ3) is 14.9. The number of unbranched alkanes of at least 4 members (excludes halogenated alkanes) is 6. The fourth-order valence-electron chi connectivity index (χ4n) is 3.95. The zero-order valence-electron chi connectivity index (χ0n) is 25.3. The Balaban J connectivity index is 3.15. The predicted octanol–water partition coefficient (Wildman–Crippen LogP) is 6.72. The number of benzene rings is 1. The molecular weight excluding hydrogens is 550 g/mol. The molecule has 1 aromatic rings. The zero-order valence-corrected chi connectivity index (χ0v) is 25.3. The van der Waals surface area contributed by atoms with E-state index in [1.165, 1.54) is 18.2 Å². The monoisotopic (exact) mass is 597 g/mol. The van der Waals surface area contributed by atoms with Crippen LogP contribution in [0.2, 0.25) is 0 Å². The molecule has 0 heterocycles. The summed E-state index contributed by atoms with van der Waals surface area (Å²) in [6, 6.07) is 2.77. The molecule has 12 nitrogen and oxygen atoms in total. The topological polar surface area (TPSA) is 170 Å². The van der Waals surface area contributed by atoms with Crippen LogP contribution in [0, 0.1) is 0 Å². The maximum atomic E-state index is 12.4. The fraction of sp³-hybridized carbons (Fsp3) is 0.667. The summed E-state index contributed by atoms with van der Waals surface area (Å²) in [5.74, 6) is -2.50. The molecule has 0 spiro atoms. The molecule has 1 aromatic carbocycles. The van der Waals surface area contributed by atoms with Gasteiger partial charge in [-0.05, 0) is 50.3 Å². The minimum absolute atomic E-state index is 0.0120. The second kappa shape index (κ2) is 21.2. The summed E-state index contributed by atoms with van der Waals surface area (Å²) < 4.78 is 31.2. The number of carbonyl (C=O) groups is 4. The number of hydrogen-bond donors (Lipinski definition) is 2. The molecule has 0 radical (unpaired) electrons. The van der Waals surface area contributed by atoms with Crippen LogP contribution in [0.15, 0.2) is 18.2 Å². The van der Waals surface area contributed by atoms with E-state index >= 15 is 0 Å². The molecule has 0 saturated heterocycles. The van der Waals surface area contributed by atoms with E-state index in [2.05, 4.69) is 0 Å². The van der Waals surface area contributed by atoms with Crippen LogP contribution in [0.4, 0.5) is 14.4 Å². The van der Waals surface area contributed by atoms with E-state index in [9.17, 15) is 24.3 Å². The van der Waals surface area contributed by atoms with Crippen LogP contribution in [-0.2, 0) is 23.7 Å². The Morgan fingerprint density at radius 1 is 0.738 bits per heavy atom. The molecule has 0 aliphatic rings. The molecule has 2 unspecified atom stereocenters. The van der Waals surface area contributed by atoms with E-state index in [-0.39, 0.29) is 37.7 Å². The highest BCUT2D eigenvalue weighted by Gasteiger charge is 2.30. The molecule has 0 saturated carbocycles. The molecule has 3 N–H and O–H groups in total. The number of ether oxygens (including phenoxy) is 6. The van der Waals surface area contributed by atoms with Gasteiger partial charge in [-0.3, -0.25) is 4.79 Å². The lowest BCUT2D eigenvalue weighted by molar-refractivity contribution is -0.139.